The number of anilines is 1. The lowest BCUT2D eigenvalue weighted by Crippen LogP contribution is -2.13. The fourth-order valence-corrected chi connectivity index (χ4v) is 2.82. The number of rotatable bonds is 5. The summed E-state index contributed by atoms with van der Waals surface area (Å²) >= 11 is 0. The highest BCUT2D eigenvalue weighted by atomic mass is 32.2. The van der Waals surface area contributed by atoms with E-state index in [4.69, 9.17) is 0 Å². The van der Waals surface area contributed by atoms with Gasteiger partial charge in [-0.1, -0.05) is 6.07 Å². The molecule has 11 heteroatoms. The summed E-state index contributed by atoms with van der Waals surface area (Å²) in [6.45, 7) is 0. The molecule has 8 nitrogen and oxygen atoms in total. The third-order valence-corrected chi connectivity index (χ3v) is 4.80. The molecule has 0 aliphatic carbocycles. The predicted octanol–water partition coefficient (Wildman–Crippen LogP) is 1.91. The monoisotopic (exact) mass is 379 g/mol. The minimum absolute atomic E-state index is 0.260. The number of hydrogen-bond donors (Lipinski definition) is 1. The smallest absolute Gasteiger partial charge is 0.322 e. The lowest BCUT2D eigenvalue weighted by molar-refractivity contribution is 0.102. The van der Waals surface area contributed by atoms with E-state index in [9.17, 15) is 22.0 Å². The van der Waals surface area contributed by atoms with Crippen molar-refractivity contribution in [1.29, 1.82) is 0 Å². The van der Waals surface area contributed by atoms with Crippen LogP contribution in [-0.2, 0) is 9.84 Å². The van der Waals surface area contributed by atoms with Crippen LogP contribution in [0.3, 0.4) is 0 Å². The Hall–Kier alpha value is -3.21. The SMILES string of the molecule is O=C(Nc1ccc(S(=O)(=O)C(F)F)cc1)c1cccc(-n2cnnn2)c1. The zero-order valence-electron chi connectivity index (χ0n) is 13.0. The number of benzene rings is 2. The zero-order valence-corrected chi connectivity index (χ0v) is 13.8. The second-order valence-electron chi connectivity index (χ2n) is 5.09. The first-order valence-electron chi connectivity index (χ1n) is 7.15. The third kappa shape index (κ3) is 3.57. The van der Waals surface area contributed by atoms with Crippen molar-refractivity contribution in [3.63, 3.8) is 0 Å². The van der Waals surface area contributed by atoms with Gasteiger partial charge in [0, 0.05) is 11.3 Å². The second-order valence-corrected chi connectivity index (χ2v) is 7.01. The fourth-order valence-electron chi connectivity index (χ4n) is 2.10. The van der Waals surface area contributed by atoms with Gasteiger partial charge in [-0.05, 0) is 52.9 Å². The molecule has 3 rings (SSSR count). The summed E-state index contributed by atoms with van der Waals surface area (Å²) in [5.74, 6) is -3.97. The normalized spacial score (nSPS) is 11.5. The number of aromatic nitrogens is 4. The van der Waals surface area contributed by atoms with Gasteiger partial charge in [0.15, 0.2) is 0 Å². The van der Waals surface area contributed by atoms with Crippen molar-refractivity contribution in [2.75, 3.05) is 5.32 Å². The van der Waals surface area contributed by atoms with Crippen molar-refractivity contribution in [3.05, 3.63) is 60.4 Å². The van der Waals surface area contributed by atoms with Crippen LogP contribution in [0.5, 0.6) is 0 Å². The average molecular weight is 379 g/mol. The molecule has 0 spiro atoms. The Balaban J connectivity index is 1.77. The Labute approximate surface area is 146 Å². The van der Waals surface area contributed by atoms with E-state index in [0.29, 0.717) is 11.3 Å². The van der Waals surface area contributed by atoms with Gasteiger partial charge >= 0.3 is 5.76 Å². The first kappa shape index (κ1) is 17.6. The molecule has 0 bridgehead atoms. The summed E-state index contributed by atoms with van der Waals surface area (Å²) in [5, 5.41) is 13.3. The molecule has 134 valence electrons. The summed E-state index contributed by atoms with van der Waals surface area (Å²) < 4.78 is 49.2. The van der Waals surface area contributed by atoms with Crippen LogP contribution >= 0.6 is 0 Å². The molecule has 1 amide bonds. The van der Waals surface area contributed by atoms with Gasteiger partial charge in [0.05, 0.1) is 10.6 Å². The first-order valence-corrected chi connectivity index (χ1v) is 8.69. The zero-order chi connectivity index (χ0) is 18.7. The van der Waals surface area contributed by atoms with Crippen LogP contribution in [0.2, 0.25) is 0 Å². The van der Waals surface area contributed by atoms with E-state index in [2.05, 4.69) is 20.8 Å². The van der Waals surface area contributed by atoms with Crippen LogP contribution in [-0.4, -0.2) is 40.3 Å². The molecule has 1 N–H and O–H groups in total. The van der Waals surface area contributed by atoms with Crippen LogP contribution in [0.25, 0.3) is 5.69 Å². The molecule has 0 saturated carbocycles. The highest BCUT2D eigenvalue weighted by Crippen LogP contribution is 2.20. The minimum Gasteiger partial charge on any atom is -0.322 e. The van der Waals surface area contributed by atoms with Gasteiger partial charge in [-0.2, -0.15) is 8.78 Å². The van der Waals surface area contributed by atoms with Gasteiger partial charge in [-0.3, -0.25) is 4.79 Å². The molecular formula is C15H11F2N5O3S. The largest absolute Gasteiger partial charge is 0.341 e. The summed E-state index contributed by atoms with van der Waals surface area (Å²) in [6, 6.07) is 11.0. The predicted molar refractivity (Wildman–Crippen MR) is 86.7 cm³/mol. The second kappa shape index (κ2) is 6.96. The van der Waals surface area contributed by atoms with E-state index in [1.54, 1.807) is 24.3 Å². The Kier molecular flexibility index (Phi) is 4.71. The van der Waals surface area contributed by atoms with Crippen molar-refractivity contribution >= 4 is 21.4 Å². The number of nitrogens with zero attached hydrogens (tertiary/aromatic N) is 4. The van der Waals surface area contributed by atoms with Crippen LogP contribution in [0.1, 0.15) is 10.4 Å². The van der Waals surface area contributed by atoms with Gasteiger partial charge in [0.1, 0.15) is 6.33 Å². The molecule has 0 radical (unpaired) electrons. The van der Waals surface area contributed by atoms with E-state index in [1.165, 1.54) is 23.1 Å². The Bertz CT molecular complexity index is 1020. The maximum absolute atomic E-state index is 12.5. The van der Waals surface area contributed by atoms with Crippen LogP contribution in [0.15, 0.2) is 59.8 Å². The standard InChI is InChI=1S/C15H11F2N5O3S/c16-15(17)26(24,25)13-6-4-11(5-7-13)19-14(23)10-2-1-3-12(8-10)22-9-18-20-21-22/h1-9,15H,(H,19,23). The first-order chi connectivity index (χ1) is 12.4. The van der Waals surface area contributed by atoms with Crippen molar-refractivity contribution < 1.29 is 22.0 Å². The highest BCUT2D eigenvalue weighted by molar-refractivity contribution is 7.91. The Morgan fingerprint density at radius 1 is 1.12 bits per heavy atom. The van der Waals surface area contributed by atoms with Crippen molar-refractivity contribution in [3.8, 4) is 5.69 Å². The maximum Gasteiger partial charge on any atom is 0.341 e. The van der Waals surface area contributed by atoms with Gasteiger partial charge in [0.25, 0.3) is 5.91 Å². The van der Waals surface area contributed by atoms with Gasteiger partial charge in [0.2, 0.25) is 9.84 Å². The number of sulfone groups is 1. The third-order valence-electron chi connectivity index (χ3n) is 3.40. The van der Waals surface area contributed by atoms with Gasteiger partial charge in [-0.25, -0.2) is 13.1 Å². The number of carbonyl (C=O) groups is 1. The molecule has 3 aromatic rings. The molecule has 1 aromatic heterocycles. The molecule has 1 heterocycles. The molecule has 0 aliphatic heterocycles. The van der Waals surface area contributed by atoms with Crippen LogP contribution in [0.4, 0.5) is 14.5 Å². The van der Waals surface area contributed by atoms with E-state index in [1.807, 2.05) is 0 Å². The molecule has 0 unspecified atom stereocenters. The molecule has 0 atom stereocenters. The fraction of sp³-hybridized carbons (Fsp3) is 0.0667. The highest BCUT2D eigenvalue weighted by Gasteiger charge is 2.26. The molecule has 0 saturated heterocycles. The molecular weight excluding hydrogens is 368 g/mol. The lowest BCUT2D eigenvalue weighted by atomic mass is 10.2. The number of amides is 1. The van der Waals surface area contributed by atoms with Gasteiger partial charge < -0.3 is 5.32 Å². The Morgan fingerprint density at radius 2 is 1.85 bits per heavy atom. The van der Waals surface area contributed by atoms with Crippen molar-refractivity contribution in [1.82, 2.24) is 20.2 Å². The van der Waals surface area contributed by atoms with E-state index in [-0.39, 0.29) is 5.69 Å². The van der Waals surface area contributed by atoms with Gasteiger partial charge in [-0.15, -0.1) is 5.10 Å². The quantitative estimate of drug-likeness (QED) is 0.726. The summed E-state index contributed by atoms with van der Waals surface area (Å²) in [7, 11) is -4.67. The average Bonchev–Trinajstić information content (AvgIpc) is 3.17. The number of halogens is 2. The van der Waals surface area contributed by atoms with E-state index < -0.39 is 26.4 Å². The van der Waals surface area contributed by atoms with Crippen LogP contribution in [0, 0.1) is 0 Å². The lowest BCUT2D eigenvalue weighted by Gasteiger charge is -2.08. The Morgan fingerprint density at radius 3 is 2.46 bits per heavy atom. The molecule has 0 fully saturated rings. The summed E-state index contributed by atoms with van der Waals surface area (Å²) in [6.07, 6.45) is 1.37. The number of carbonyl (C=O) groups excluding carboxylic acids is 1. The van der Waals surface area contributed by atoms with Crippen LogP contribution < -0.4 is 5.32 Å². The molecule has 26 heavy (non-hydrogen) atoms. The minimum atomic E-state index is -4.67. The van der Waals surface area contributed by atoms with E-state index in [0.717, 1.165) is 12.1 Å². The van der Waals surface area contributed by atoms with E-state index >= 15 is 0 Å². The number of alkyl halides is 2. The number of hydrogen-bond acceptors (Lipinski definition) is 6. The number of nitrogens with one attached hydrogen (secondary N) is 1. The van der Waals surface area contributed by atoms with Crippen molar-refractivity contribution in [2.24, 2.45) is 0 Å². The number of tetrazole rings is 1. The maximum atomic E-state index is 12.5. The summed E-state index contributed by atoms with van der Waals surface area (Å²) in [5.41, 5.74) is 1.14. The summed E-state index contributed by atoms with van der Waals surface area (Å²) in [4.78, 5) is 11.8. The topological polar surface area (TPSA) is 107 Å². The molecule has 2 aromatic carbocycles. The van der Waals surface area contributed by atoms with Crippen molar-refractivity contribution in [2.45, 2.75) is 10.7 Å². The molecule has 0 aliphatic rings.